The Balaban J connectivity index is 1.88. The van der Waals surface area contributed by atoms with Crippen LogP contribution in [0.4, 0.5) is 5.69 Å². The van der Waals surface area contributed by atoms with Gasteiger partial charge in [-0.25, -0.2) is 0 Å². The fourth-order valence-electron chi connectivity index (χ4n) is 2.84. The number of aryl methyl sites for hydroxylation is 2. The van der Waals surface area contributed by atoms with Crippen LogP contribution < -0.4 is 5.73 Å². The lowest BCUT2D eigenvalue weighted by Gasteiger charge is -2.21. The minimum Gasteiger partial charge on any atom is -0.399 e. The molecule has 16 heavy (non-hydrogen) atoms. The second-order valence-electron chi connectivity index (χ2n) is 5.23. The van der Waals surface area contributed by atoms with Gasteiger partial charge in [0.05, 0.1) is 0 Å². The topological polar surface area (TPSA) is 26.0 Å². The van der Waals surface area contributed by atoms with Crippen molar-refractivity contribution in [2.75, 3.05) is 5.73 Å². The van der Waals surface area contributed by atoms with Crippen molar-refractivity contribution >= 4 is 5.69 Å². The zero-order valence-electron chi connectivity index (χ0n) is 10.3. The summed E-state index contributed by atoms with van der Waals surface area (Å²) in [6.07, 6.45) is 9.86. The number of nitrogens with two attached hydrogens (primary N) is 1. The molecule has 0 spiro atoms. The van der Waals surface area contributed by atoms with E-state index >= 15 is 0 Å². The van der Waals surface area contributed by atoms with Crippen molar-refractivity contribution in [1.82, 2.24) is 0 Å². The second kappa shape index (κ2) is 5.38. The lowest BCUT2D eigenvalue weighted by molar-refractivity contribution is 0.339. The normalized spacial score (nSPS) is 17.6. The van der Waals surface area contributed by atoms with Crippen molar-refractivity contribution in [3.05, 3.63) is 29.3 Å². The first-order valence-corrected chi connectivity index (χ1v) is 6.61. The monoisotopic (exact) mass is 217 g/mol. The highest BCUT2D eigenvalue weighted by atomic mass is 14.5. The summed E-state index contributed by atoms with van der Waals surface area (Å²) in [6.45, 7) is 2.17. The van der Waals surface area contributed by atoms with Gasteiger partial charge in [-0.15, -0.1) is 0 Å². The van der Waals surface area contributed by atoms with Crippen LogP contribution in [0, 0.1) is 12.8 Å². The van der Waals surface area contributed by atoms with Gasteiger partial charge >= 0.3 is 0 Å². The van der Waals surface area contributed by atoms with E-state index in [1.165, 1.54) is 56.1 Å². The predicted molar refractivity (Wildman–Crippen MR) is 70.5 cm³/mol. The summed E-state index contributed by atoms with van der Waals surface area (Å²) in [7, 11) is 0. The number of benzene rings is 1. The molecule has 88 valence electrons. The fraction of sp³-hybridized carbons (Fsp3) is 0.600. The quantitative estimate of drug-likeness (QED) is 0.758. The minimum atomic E-state index is 0.888. The van der Waals surface area contributed by atoms with Crippen molar-refractivity contribution in [2.24, 2.45) is 5.92 Å². The van der Waals surface area contributed by atoms with E-state index in [4.69, 9.17) is 5.73 Å². The first-order chi connectivity index (χ1) is 7.75. The van der Waals surface area contributed by atoms with Gasteiger partial charge in [-0.2, -0.15) is 0 Å². The average Bonchev–Trinajstić information content (AvgIpc) is 2.29. The molecule has 1 aromatic carbocycles. The molecule has 2 rings (SSSR count). The molecule has 0 radical (unpaired) electrons. The van der Waals surface area contributed by atoms with Gasteiger partial charge in [0.2, 0.25) is 0 Å². The third kappa shape index (κ3) is 3.01. The maximum atomic E-state index is 5.77. The first-order valence-electron chi connectivity index (χ1n) is 6.61. The first kappa shape index (κ1) is 11.5. The van der Waals surface area contributed by atoms with Gasteiger partial charge < -0.3 is 5.73 Å². The molecule has 0 heterocycles. The van der Waals surface area contributed by atoms with Crippen LogP contribution in [0.2, 0.25) is 0 Å². The molecule has 0 saturated heterocycles. The molecule has 1 heteroatoms. The summed E-state index contributed by atoms with van der Waals surface area (Å²) < 4.78 is 0. The Hall–Kier alpha value is -0.980. The van der Waals surface area contributed by atoms with Crippen LogP contribution in [0.1, 0.15) is 49.7 Å². The summed E-state index contributed by atoms with van der Waals surface area (Å²) in [4.78, 5) is 0. The van der Waals surface area contributed by atoms with Gasteiger partial charge in [0.15, 0.2) is 0 Å². The van der Waals surface area contributed by atoms with Gasteiger partial charge in [-0.1, -0.05) is 38.2 Å². The molecule has 0 bridgehead atoms. The van der Waals surface area contributed by atoms with E-state index in [-0.39, 0.29) is 0 Å². The van der Waals surface area contributed by atoms with E-state index in [9.17, 15) is 0 Å². The Labute approximate surface area is 99.0 Å². The third-order valence-corrected chi connectivity index (χ3v) is 3.91. The van der Waals surface area contributed by atoms with Gasteiger partial charge in [-0.3, -0.25) is 0 Å². The van der Waals surface area contributed by atoms with Gasteiger partial charge in [0.1, 0.15) is 0 Å². The number of rotatable bonds is 3. The fourth-order valence-corrected chi connectivity index (χ4v) is 2.84. The molecule has 0 amide bonds. The standard InChI is InChI=1S/C15H23N/c1-12-11-15(16)10-9-14(12)8-7-13-5-3-2-4-6-13/h9-11,13H,2-8,16H2,1H3. The SMILES string of the molecule is Cc1cc(N)ccc1CCC1CCCCC1. The minimum absolute atomic E-state index is 0.888. The summed E-state index contributed by atoms with van der Waals surface area (Å²) in [5, 5.41) is 0. The summed E-state index contributed by atoms with van der Waals surface area (Å²) in [5.74, 6) is 0.978. The lowest BCUT2D eigenvalue weighted by atomic mass is 9.85. The van der Waals surface area contributed by atoms with E-state index < -0.39 is 0 Å². The van der Waals surface area contributed by atoms with Gasteiger partial charge in [-0.05, 0) is 48.9 Å². The molecule has 1 fully saturated rings. The largest absolute Gasteiger partial charge is 0.399 e. The number of hydrogen-bond acceptors (Lipinski definition) is 1. The summed E-state index contributed by atoms with van der Waals surface area (Å²) >= 11 is 0. The van der Waals surface area contributed by atoms with E-state index in [2.05, 4.69) is 19.1 Å². The second-order valence-corrected chi connectivity index (χ2v) is 5.23. The maximum absolute atomic E-state index is 5.77. The molecule has 0 atom stereocenters. The van der Waals surface area contributed by atoms with Crippen LogP contribution in [0.3, 0.4) is 0 Å². The van der Waals surface area contributed by atoms with E-state index in [1.54, 1.807) is 0 Å². The summed E-state index contributed by atoms with van der Waals surface area (Å²) in [5.41, 5.74) is 9.50. The highest BCUT2D eigenvalue weighted by Gasteiger charge is 2.13. The predicted octanol–water partition coefficient (Wildman–Crippen LogP) is 4.09. The number of anilines is 1. The Morgan fingerprint density at radius 2 is 1.94 bits per heavy atom. The molecular formula is C15H23N. The van der Waals surface area contributed by atoms with E-state index in [0.717, 1.165) is 11.6 Å². The molecule has 2 N–H and O–H groups in total. The molecule has 1 saturated carbocycles. The highest BCUT2D eigenvalue weighted by molar-refractivity contribution is 5.44. The molecular weight excluding hydrogens is 194 g/mol. The lowest BCUT2D eigenvalue weighted by Crippen LogP contribution is -2.07. The Bertz CT molecular complexity index is 337. The number of nitrogen functional groups attached to an aromatic ring is 1. The molecule has 1 aromatic rings. The Kier molecular flexibility index (Phi) is 3.87. The molecule has 0 unspecified atom stereocenters. The van der Waals surface area contributed by atoms with Crippen LogP contribution in [-0.4, -0.2) is 0 Å². The van der Waals surface area contributed by atoms with Crippen molar-refractivity contribution in [1.29, 1.82) is 0 Å². The van der Waals surface area contributed by atoms with Crippen LogP contribution >= 0.6 is 0 Å². The summed E-state index contributed by atoms with van der Waals surface area (Å²) in [6, 6.07) is 6.33. The average molecular weight is 217 g/mol. The van der Waals surface area contributed by atoms with Gasteiger partial charge in [0, 0.05) is 5.69 Å². The molecule has 0 aliphatic heterocycles. The molecule has 0 aromatic heterocycles. The molecule has 1 aliphatic carbocycles. The smallest absolute Gasteiger partial charge is 0.0316 e. The zero-order chi connectivity index (χ0) is 11.4. The van der Waals surface area contributed by atoms with Crippen molar-refractivity contribution < 1.29 is 0 Å². The number of hydrogen-bond donors (Lipinski definition) is 1. The Morgan fingerprint density at radius 1 is 1.19 bits per heavy atom. The van der Waals surface area contributed by atoms with Crippen molar-refractivity contribution in [3.8, 4) is 0 Å². The van der Waals surface area contributed by atoms with E-state index in [1.807, 2.05) is 6.07 Å². The van der Waals surface area contributed by atoms with Crippen LogP contribution in [0.25, 0.3) is 0 Å². The zero-order valence-corrected chi connectivity index (χ0v) is 10.3. The highest BCUT2D eigenvalue weighted by Crippen LogP contribution is 2.28. The molecule has 1 aliphatic rings. The third-order valence-electron chi connectivity index (χ3n) is 3.91. The Morgan fingerprint density at radius 3 is 2.62 bits per heavy atom. The van der Waals surface area contributed by atoms with Crippen molar-refractivity contribution in [3.63, 3.8) is 0 Å². The van der Waals surface area contributed by atoms with Crippen LogP contribution in [0.5, 0.6) is 0 Å². The van der Waals surface area contributed by atoms with Crippen molar-refractivity contribution in [2.45, 2.75) is 51.9 Å². The molecule has 1 nitrogen and oxygen atoms in total. The van der Waals surface area contributed by atoms with Gasteiger partial charge in [0.25, 0.3) is 0 Å². The van der Waals surface area contributed by atoms with E-state index in [0.29, 0.717) is 0 Å². The maximum Gasteiger partial charge on any atom is 0.0316 e. The van der Waals surface area contributed by atoms with Crippen LogP contribution in [-0.2, 0) is 6.42 Å². The van der Waals surface area contributed by atoms with Crippen LogP contribution in [0.15, 0.2) is 18.2 Å².